The number of carbonyl (C=O) groups is 7. The molecule has 0 fully saturated rings. The molecule has 0 radical (unpaired) electrons. The summed E-state index contributed by atoms with van der Waals surface area (Å²) in [6, 6.07) is 21.4. The molecule has 17 nitrogen and oxygen atoms in total. The number of para-hydroxylation sites is 1. The van der Waals surface area contributed by atoms with Gasteiger partial charge in [-0.05, 0) is 109 Å². The Bertz CT molecular complexity index is 2250. The number of aryl methyl sites for hydroxylation is 1. The van der Waals surface area contributed by atoms with E-state index < -0.39 is 29.9 Å². The van der Waals surface area contributed by atoms with Gasteiger partial charge in [0.25, 0.3) is 0 Å². The van der Waals surface area contributed by atoms with Crippen molar-refractivity contribution in [3.05, 3.63) is 98.6 Å². The molecule has 0 saturated carbocycles. The topological polar surface area (TPSA) is 217 Å². The molecule has 1 aliphatic rings. The number of hydrogen-bond donors (Lipinski definition) is 4. The number of anilines is 1. The van der Waals surface area contributed by atoms with Gasteiger partial charge in [-0.15, -0.1) is 0 Å². The van der Waals surface area contributed by atoms with Crippen molar-refractivity contribution in [2.24, 2.45) is 0 Å². The number of unbranched alkanes of at least 4 members (excludes halogenated alkanes) is 1. The summed E-state index contributed by atoms with van der Waals surface area (Å²) in [5.41, 5.74) is 4.49. The Morgan fingerprint density at radius 2 is 1.23 bits per heavy atom. The first-order valence-electron chi connectivity index (χ1n) is 24.2. The highest BCUT2D eigenvalue weighted by Gasteiger charge is 2.28. The van der Waals surface area contributed by atoms with Gasteiger partial charge in [0.15, 0.2) is 0 Å². The van der Waals surface area contributed by atoms with Gasteiger partial charge in [-0.1, -0.05) is 54.3 Å². The molecule has 0 saturated heterocycles. The molecule has 18 heteroatoms. The van der Waals surface area contributed by atoms with Crippen molar-refractivity contribution in [1.29, 1.82) is 0 Å². The van der Waals surface area contributed by atoms with E-state index in [0.29, 0.717) is 65.3 Å². The minimum absolute atomic E-state index is 0.0447. The van der Waals surface area contributed by atoms with Crippen LogP contribution >= 0.6 is 22.6 Å². The Kier molecular flexibility index (Phi) is 27.5. The maximum Gasteiger partial charge on any atom is 0.328 e. The Labute approximate surface area is 430 Å². The van der Waals surface area contributed by atoms with Crippen LogP contribution in [0.3, 0.4) is 0 Å². The molecule has 1 aliphatic heterocycles. The van der Waals surface area contributed by atoms with Crippen molar-refractivity contribution in [3.8, 4) is 11.8 Å². The zero-order chi connectivity index (χ0) is 51.1. The SMILES string of the molecule is COC(=O)C(CCCCNC(=O)CCCc1ccc(I)cc1)NC(=O)C(CCC(C)=O)NC(=O)CCOCCOCCOCCOCCNC(=O)CCC(=O)N1Cc2ccccc2C#Cc2ccccc21. The molecule has 2 atom stereocenters. The summed E-state index contributed by atoms with van der Waals surface area (Å²) in [7, 11) is 1.22. The monoisotopic (exact) mass is 1090 g/mol. The van der Waals surface area contributed by atoms with Crippen LogP contribution in [0.1, 0.15) is 93.4 Å². The quantitative estimate of drug-likeness (QED) is 0.0277. The van der Waals surface area contributed by atoms with Crippen molar-refractivity contribution in [3.63, 3.8) is 0 Å². The summed E-state index contributed by atoms with van der Waals surface area (Å²) < 4.78 is 28.2. The Hall–Kier alpha value is -5.72. The smallest absolute Gasteiger partial charge is 0.328 e. The van der Waals surface area contributed by atoms with Crippen LogP contribution in [-0.2, 0) is 70.2 Å². The van der Waals surface area contributed by atoms with Gasteiger partial charge in [0.1, 0.15) is 17.9 Å². The van der Waals surface area contributed by atoms with Gasteiger partial charge in [-0.2, -0.15) is 0 Å². The second-order valence-corrected chi connectivity index (χ2v) is 18.0. The Balaban J connectivity index is 0.992. The molecule has 2 unspecified atom stereocenters. The van der Waals surface area contributed by atoms with Crippen LogP contribution in [0.15, 0.2) is 72.8 Å². The van der Waals surface area contributed by atoms with E-state index in [2.05, 4.69) is 67.8 Å². The number of hydrogen-bond acceptors (Lipinski definition) is 12. The van der Waals surface area contributed by atoms with E-state index in [1.807, 2.05) is 60.7 Å². The lowest BCUT2D eigenvalue weighted by Crippen LogP contribution is -2.52. The zero-order valence-corrected chi connectivity index (χ0v) is 43.0. The molecule has 1 heterocycles. The largest absolute Gasteiger partial charge is 0.467 e. The number of ketones is 1. The third kappa shape index (κ3) is 23.4. The number of nitrogens with zero attached hydrogens (tertiary/aromatic N) is 1. The fourth-order valence-corrected chi connectivity index (χ4v) is 7.64. The van der Waals surface area contributed by atoms with E-state index in [0.717, 1.165) is 38.8 Å². The van der Waals surface area contributed by atoms with Gasteiger partial charge >= 0.3 is 5.97 Å². The number of benzene rings is 3. The first-order valence-corrected chi connectivity index (χ1v) is 25.3. The highest BCUT2D eigenvalue weighted by molar-refractivity contribution is 14.1. The second-order valence-electron chi connectivity index (χ2n) is 16.7. The van der Waals surface area contributed by atoms with Crippen molar-refractivity contribution in [2.45, 2.75) is 96.2 Å². The van der Waals surface area contributed by atoms with E-state index in [4.69, 9.17) is 23.7 Å². The van der Waals surface area contributed by atoms with E-state index in [1.165, 1.54) is 19.6 Å². The van der Waals surface area contributed by atoms with Gasteiger partial charge in [-0.25, -0.2) is 4.79 Å². The first-order chi connectivity index (χ1) is 34.4. The number of methoxy groups -OCH3 is 1. The molecule has 71 heavy (non-hydrogen) atoms. The number of nitrogens with one attached hydrogen (secondary N) is 4. The molecule has 0 spiro atoms. The summed E-state index contributed by atoms with van der Waals surface area (Å²) >= 11 is 2.25. The summed E-state index contributed by atoms with van der Waals surface area (Å²) in [5, 5.41) is 11.0. The standard InChI is InChI=1S/C53H68IN5O12/c1-39(60)17-24-45(52(65)58-46(53(66)67-2)14-7-8-28-55-48(61)16-9-10-40-18-22-44(54)23-19-40)57-50(63)27-30-68-32-34-70-36-37-71-35-33-69-31-29-56-49(62)25-26-51(64)59-38-43-13-4-3-11-41(43)20-21-42-12-5-6-15-47(42)59/h3-6,11-13,15,18-19,22-23,45-46H,7-10,14,16-17,24-38H2,1-2H3,(H,55,61)(H,56,62)(H,57,63)(H,58,65). The van der Waals surface area contributed by atoms with Crippen LogP contribution in [0.5, 0.6) is 0 Å². The van der Waals surface area contributed by atoms with E-state index in [9.17, 15) is 33.6 Å². The summed E-state index contributed by atoms with van der Waals surface area (Å²) in [5.74, 6) is 4.06. The van der Waals surface area contributed by atoms with Crippen LogP contribution < -0.4 is 26.2 Å². The Morgan fingerprint density at radius 1 is 0.606 bits per heavy atom. The average Bonchev–Trinajstić information content (AvgIpc) is 3.36. The maximum atomic E-state index is 13.4. The summed E-state index contributed by atoms with van der Waals surface area (Å²) in [6.45, 7) is 4.59. The van der Waals surface area contributed by atoms with Gasteiger partial charge in [0.05, 0.1) is 72.2 Å². The normalized spacial score (nSPS) is 12.4. The van der Waals surface area contributed by atoms with Crippen molar-refractivity contribution < 1.29 is 57.2 Å². The summed E-state index contributed by atoms with van der Waals surface area (Å²) in [4.78, 5) is 90.3. The second kappa shape index (κ2) is 33.8. The van der Waals surface area contributed by atoms with E-state index >= 15 is 0 Å². The van der Waals surface area contributed by atoms with Crippen molar-refractivity contribution in [1.82, 2.24) is 21.3 Å². The van der Waals surface area contributed by atoms with Crippen LogP contribution in [0, 0.1) is 15.4 Å². The number of halogens is 1. The highest BCUT2D eigenvalue weighted by Crippen LogP contribution is 2.26. The molecule has 0 aliphatic carbocycles. The van der Waals surface area contributed by atoms with Crippen molar-refractivity contribution >= 4 is 69.6 Å². The third-order valence-electron chi connectivity index (χ3n) is 11.2. The molecule has 384 valence electrons. The predicted molar refractivity (Wildman–Crippen MR) is 275 cm³/mol. The molecular weight excluding hydrogens is 1030 g/mol. The number of rotatable bonds is 34. The third-order valence-corrected chi connectivity index (χ3v) is 11.9. The lowest BCUT2D eigenvalue weighted by molar-refractivity contribution is -0.145. The van der Waals surface area contributed by atoms with Gasteiger partial charge in [-0.3, -0.25) is 24.0 Å². The number of fused-ring (bicyclic) bond motifs is 2. The number of amides is 5. The van der Waals surface area contributed by atoms with Crippen LogP contribution in [0.4, 0.5) is 5.69 Å². The fourth-order valence-electron chi connectivity index (χ4n) is 7.28. The molecular formula is C53H68IN5O12. The number of esters is 1. The fraction of sp³-hybridized carbons (Fsp3) is 0.491. The zero-order valence-electron chi connectivity index (χ0n) is 40.9. The van der Waals surface area contributed by atoms with Gasteiger partial charge < -0.3 is 54.6 Å². The molecule has 4 rings (SSSR count). The number of ether oxygens (including phenoxy) is 5. The molecule has 0 aromatic heterocycles. The maximum absolute atomic E-state index is 13.4. The van der Waals surface area contributed by atoms with E-state index in [1.54, 1.807) is 4.90 Å². The molecule has 0 bridgehead atoms. The number of carbonyl (C=O) groups excluding carboxylic acids is 7. The number of Topliss-reactive ketones (excluding diaryl/α,β-unsaturated/α-hetero) is 1. The van der Waals surface area contributed by atoms with Gasteiger partial charge in [0, 0.05) is 59.9 Å². The Morgan fingerprint density at radius 3 is 1.93 bits per heavy atom. The van der Waals surface area contributed by atoms with E-state index in [-0.39, 0.29) is 88.5 Å². The lowest BCUT2D eigenvalue weighted by atomic mass is 10.0. The highest BCUT2D eigenvalue weighted by atomic mass is 127. The predicted octanol–water partition coefficient (Wildman–Crippen LogP) is 4.71. The first kappa shape index (κ1) is 57.9. The van der Waals surface area contributed by atoms with Crippen LogP contribution in [-0.4, -0.2) is 126 Å². The van der Waals surface area contributed by atoms with Crippen LogP contribution in [0.25, 0.3) is 0 Å². The summed E-state index contributed by atoms with van der Waals surface area (Å²) in [6.07, 6.45) is 3.44. The minimum Gasteiger partial charge on any atom is -0.467 e. The molecule has 3 aromatic carbocycles. The van der Waals surface area contributed by atoms with Crippen LogP contribution in [0.2, 0.25) is 0 Å². The lowest BCUT2D eigenvalue weighted by Gasteiger charge is -2.26. The van der Waals surface area contributed by atoms with Gasteiger partial charge in [0.2, 0.25) is 29.5 Å². The van der Waals surface area contributed by atoms with Crippen molar-refractivity contribution in [2.75, 3.05) is 78.0 Å². The molecule has 3 aromatic rings. The molecule has 5 amide bonds. The minimum atomic E-state index is -1.06. The molecule has 4 N–H and O–H groups in total. The average molecular weight is 1090 g/mol.